The highest BCUT2D eigenvalue weighted by molar-refractivity contribution is 6.30. The first kappa shape index (κ1) is 26.8. The highest BCUT2D eigenvalue weighted by atomic mass is 35.5. The van der Waals surface area contributed by atoms with Gasteiger partial charge in [-0.3, -0.25) is 9.59 Å². The molecule has 192 valence electrons. The Bertz CT molecular complexity index is 1010. The molecular weight excluding hydrogens is 486 g/mol. The second-order valence-corrected chi connectivity index (χ2v) is 9.05. The number of alkyl halides is 2. The van der Waals surface area contributed by atoms with Gasteiger partial charge in [0.15, 0.2) is 6.61 Å². The molecule has 35 heavy (non-hydrogen) atoms. The Morgan fingerprint density at radius 2 is 2.03 bits per heavy atom. The molecule has 2 aromatic heterocycles. The molecule has 0 bridgehead atoms. The number of amides is 2. The summed E-state index contributed by atoms with van der Waals surface area (Å²) in [6.07, 6.45) is 2.88. The minimum absolute atomic E-state index is 0.0159. The predicted octanol–water partition coefficient (Wildman–Crippen LogP) is 2.18. The van der Waals surface area contributed by atoms with Gasteiger partial charge in [-0.1, -0.05) is 11.6 Å². The van der Waals surface area contributed by atoms with Crippen molar-refractivity contribution < 1.29 is 28.2 Å². The number of anilines is 1. The Labute approximate surface area is 206 Å². The summed E-state index contributed by atoms with van der Waals surface area (Å²) in [7, 11) is 0. The highest BCUT2D eigenvalue weighted by Gasteiger charge is 2.30. The second-order valence-electron chi connectivity index (χ2n) is 8.62. The van der Waals surface area contributed by atoms with E-state index in [-0.39, 0.29) is 23.4 Å². The summed E-state index contributed by atoms with van der Waals surface area (Å²) in [5.41, 5.74) is -0.0159. The predicted molar refractivity (Wildman–Crippen MR) is 125 cm³/mol. The van der Waals surface area contributed by atoms with Crippen molar-refractivity contribution in [3.63, 3.8) is 0 Å². The molecule has 0 spiro atoms. The minimum Gasteiger partial charge on any atom is -0.470 e. The van der Waals surface area contributed by atoms with Crippen LogP contribution in [0.15, 0.2) is 24.4 Å². The van der Waals surface area contributed by atoms with Crippen LogP contribution in [0, 0.1) is 0 Å². The van der Waals surface area contributed by atoms with Crippen LogP contribution in [0.5, 0.6) is 5.88 Å². The van der Waals surface area contributed by atoms with E-state index in [1.807, 2.05) is 0 Å². The molecule has 3 N–H and O–H groups in total. The summed E-state index contributed by atoms with van der Waals surface area (Å²) < 4.78 is 32.9. The Morgan fingerprint density at radius 1 is 1.31 bits per heavy atom. The monoisotopic (exact) mass is 514 g/mol. The summed E-state index contributed by atoms with van der Waals surface area (Å²) in [6.45, 7) is 2.99. The van der Waals surface area contributed by atoms with E-state index in [0.717, 1.165) is 30.6 Å². The molecule has 1 aliphatic heterocycles. The van der Waals surface area contributed by atoms with E-state index < -0.39 is 37.5 Å². The lowest BCUT2D eigenvalue weighted by molar-refractivity contribution is -0.117. The van der Waals surface area contributed by atoms with Gasteiger partial charge in [0, 0.05) is 37.4 Å². The number of aliphatic hydroxyl groups excluding tert-OH is 1. The lowest BCUT2D eigenvalue weighted by Crippen LogP contribution is -2.47. The number of aromatic nitrogens is 3. The fourth-order valence-corrected chi connectivity index (χ4v) is 3.69. The number of carbonyl (C=O) groups is 2. The first-order valence-corrected chi connectivity index (χ1v) is 11.6. The van der Waals surface area contributed by atoms with Crippen molar-refractivity contribution in [1.29, 1.82) is 0 Å². The van der Waals surface area contributed by atoms with Crippen molar-refractivity contribution >= 4 is 29.2 Å². The number of piperidine rings is 1. The normalized spacial score (nSPS) is 15.3. The van der Waals surface area contributed by atoms with Crippen LogP contribution in [0.3, 0.4) is 0 Å². The zero-order valence-electron chi connectivity index (χ0n) is 19.5. The topological polar surface area (TPSA) is 122 Å². The number of rotatable bonds is 10. The van der Waals surface area contributed by atoms with Gasteiger partial charge in [0.05, 0.1) is 5.02 Å². The SMILES string of the molecule is CC(C)N1CCC(NC(=O)c2cc(OCC(F)(F)CO)nn2CC(=O)Nc2ccc(Cl)cn2)CC1. The third kappa shape index (κ3) is 7.84. The molecule has 1 fully saturated rings. The van der Waals surface area contributed by atoms with E-state index in [4.69, 9.17) is 21.4 Å². The van der Waals surface area contributed by atoms with Crippen LogP contribution in [-0.2, 0) is 11.3 Å². The Morgan fingerprint density at radius 3 is 2.63 bits per heavy atom. The average molecular weight is 515 g/mol. The first-order chi connectivity index (χ1) is 16.6. The Hall–Kier alpha value is -2.83. The number of nitrogens with zero attached hydrogens (tertiary/aromatic N) is 4. The van der Waals surface area contributed by atoms with Gasteiger partial charge in [-0.2, -0.15) is 0 Å². The fourth-order valence-electron chi connectivity index (χ4n) is 3.58. The molecule has 0 unspecified atom stereocenters. The van der Waals surface area contributed by atoms with E-state index in [2.05, 4.69) is 39.5 Å². The quantitative estimate of drug-likeness (QED) is 0.444. The third-order valence-corrected chi connectivity index (χ3v) is 5.76. The number of aliphatic hydroxyl groups is 1. The molecule has 1 aliphatic rings. The summed E-state index contributed by atoms with van der Waals surface area (Å²) in [4.78, 5) is 31.8. The van der Waals surface area contributed by atoms with Crippen molar-refractivity contribution in [2.45, 2.75) is 51.2 Å². The number of carbonyl (C=O) groups excluding carboxylic acids is 2. The number of likely N-dealkylation sites (tertiary alicyclic amines) is 1. The molecule has 0 aliphatic carbocycles. The average Bonchev–Trinajstić information content (AvgIpc) is 3.22. The Balaban J connectivity index is 1.71. The van der Waals surface area contributed by atoms with Gasteiger partial charge in [0.25, 0.3) is 5.91 Å². The van der Waals surface area contributed by atoms with E-state index in [1.165, 1.54) is 18.3 Å². The van der Waals surface area contributed by atoms with Gasteiger partial charge in [-0.25, -0.2) is 18.4 Å². The van der Waals surface area contributed by atoms with Crippen LogP contribution in [0.1, 0.15) is 37.2 Å². The first-order valence-electron chi connectivity index (χ1n) is 11.2. The molecular formula is C22H29ClF2N6O4. The number of nitrogens with one attached hydrogen (secondary N) is 2. The van der Waals surface area contributed by atoms with Crippen molar-refractivity contribution in [3.8, 4) is 5.88 Å². The van der Waals surface area contributed by atoms with Crippen molar-refractivity contribution in [2.75, 3.05) is 31.6 Å². The number of ether oxygens (including phenoxy) is 1. The van der Waals surface area contributed by atoms with E-state index in [0.29, 0.717) is 11.1 Å². The molecule has 13 heteroatoms. The smallest absolute Gasteiger partial charge is 0.303 e. The molecule has 0 atom stereocenters. The molecule has 2 amide bonds. The summed E-state index contributed by atoms with van der Waals surface area (Å²) >= 11 is 5.79. The molecule has 0 aromatic carbocycles. The number of hydrogen-bond acceptors (Lipinski definition) is 7. The number of hydrogen-bond donors (Lipinski definition) is 3. The molecule has 1 saturated heterocycles. The number of pyridine rings is 1. The Kier molecular flexibility index (Phi) is 8.98. The van der Waals surface area contributed by atoms with Gasteiger partial charge in [0.2, 0.25) is 11.8 Å². The molecule has 10 nitrogen and oxygen atoms in total. The van der Waals surface area contributed by atoms with Crippen LogP contribution in [0.2, 0.25) is 5.02 Å². The van der Waals surface area contributed by atoms with E-state index in [9.17, 15) is 18.4 Å². The van der Waals surface area contributed by atoms with Crippen LogP contribution in [-0.4, -0.2) is 80.9 Å². The molecule has 3 heterocycles. The summed E-state index contributed by atoms with van der Waals surface area (Å²) in [5.74, 6) is -4.55. The maximum absolute atomic E-state index is 13.4. The van der Waals surface area contributed by atoms with Gasteiger partial charge in [-0.15, -0.1) is 5.10 Å². The zero-order valence-corrected chi connectivity index (χ0v) is 20.3. The third-order valence-electron chi connectivity index (χ3n) is 5.54. The van der Waals surface area contributed by atoms with Gasteiger partial charge < -0.3 is 25.4 Å². The van der Waals surface area contributed by atoms with Crippen LogP contribution in [0.4, 0.5) is 14.6 Å². The van der Waals surface area contributed by atoms with Crippen molar-refractivity contribution in [2.24, 2.45) is 0 Å². The maximum Gasteiger partial charge on any atom is 0.303 e. The van der Waals surface area contributed by atoms with Crippen molar-refractivity contribution in [3.05, 3.63) is 35.1 Å². The molecule has 3 rings (SSSR count). The lowest BCUT2D eigenvalue weighted by atomic mass is 10.0. The second kappa shape index (κ2) is 11.7. The highest BCUT2D eigenvalue weighted by Crippen LogP contribution is 2.19. The van der Waals surface area contributed by atoms with Gasteiger partial charge in [-0.05, 0) is 38.8 Å². The standard InChI is InChI=1S/C22H29ClF2N6O4/c1-14(2)30-7-5-16(6-8-30)27-21(34)17-9-20(35-13-22(24,25)12-32)29-31(17)11-19(33)28-18-4-3-15(23)10-26-18/h3-4,9-10,14,16,32H,5-8,11-13H2,1-2H3,(H,27,34)(H,26,28,33). The summed E-state index contributed by atoms with van der Waals surface area (Å²) in [5, 5.41) is 18.6. The molecule has 0 radical (unpaired) electrons. The number of halogens is 3. The van der Waals surface area contributed by atoms with Gasteiger partial charge >= 0.3 is 5.92 Å². The van der Waals surface area contributed by atoms with E-state index in [1.54, 1.807) is 6.07 Å². The van der Waals surface area contributed by atoms with Crippen molar-refractivity contribution in [1.82, 2.24) is 25.0 Å². The summed E-state index contributed by atoms with van der Waals surface area (Å²) in [6, 6.07) is 4.59. The van der Waals surface area contributed by atoms with Crippen LogP contribution >= 0.6 is 11.6 Å². The maximum atomic E-state index is 13.4. The van der Waals surface area contributed by atoms with Gasteiger partial charge in [0.1, 0.15) is 24.7 Å². The van der Waals surface area contributed by atoms with Crippen LogP contribution in [0.25, 0.3) is 0 Å². The largest absolute Gasteiger partial charge is 0.470 e. The minimum atomic E-state index is -3.48. The van der Waals surface area contributed by atoms with Crippen LogP contribution < -0.4 is 15.4 Å². The molecule has 2 aromatic rings. The fraction of sp³-hybridized carbons (Fsp3) is 0.545. The molecule has 0 saturated carbocycles. The zero-order chi connectivity index (χ0) is 25.6. The van der Waals surface area contributed by atoms with E-state index >= 15 is 0 Å². The lowest BCUT2D eigenvalue weighted by Gasteiger charge is -2.34.